The van der Waals surface area contributed by atoms with Crippen molar-refractivity contribution in [3.05, 3.63) is 108 Å². The Morgan fingerprint density at radius 1 is 0.927 bits per heavy atom. The van der Waals surface area contributed by atoms with Crippen LogP contribution in [0.5, 0.6) is 5.75 Å². The van der Waals surface area contributed by atoms with Crippen LogP contribution in [0.25, 0.3) is 10.9 Å². The van der Waals surface area contributed by atoms with E-state index in [-0.39, 0.29) is 17.3 Å². The molecule has 1 aromatic heterocycles. The molecule has 13 heteroatoms. The van der Waals surface area contributed by atoms with Crippen LogP contribution in [-0.2, 0) is 16.6 Å². The minimum Gasteiger partial charge on any atom is -0.487 e. The summed E-state index contributed by atoms with van der Waals surface area (Å²) in [6.45, 7) is 0.175. The van der Waals surface area contributed by atoms with E-state index >= 15 is 0 Å². The Bertz CT molecular complexity index is 1860. The molecule has 0 aliphatic heterocycles. The number of hydrogen-bond donors (Lipinski definition) is 4. The van der Waals surface area contributed by atoms with Crippen LogP contribution in [0, 0.1) is 5.82 Å². The summed E-state index contributed by atoms with van der Waals surface area (Å²) in [4.78, 5) is 8.72. The molecule has 4 aromatic carbocycles. The van der Waals surface area contributed by atoms with Gasteiger partial charge in [-0.25, -0.2) is 27.9 Å². The van der Waals surface area contributed by atoms with Crippen molar-refractivity contribution in [3.8, 4) is 5.75 Å². The second-order valence-corrected chi connectivity index (χ2v) is 11.2. The molecule has 0 amide bonds. The predicted molar refractivity (Wildman–Crippen MR) is 163 cm³/mol. The van der Waals surface area contributed by atoms with Crippen molar-refractivity contribution in [1.82, 2.24) is 9.97 Å². The fourth-order valence-electron chi connectivity index (χ4n) is 3.88. The van der Waals surface area contributed by atoms with Crippen LogP contribution in [0.4, 0.5) is 27.3 Å². The van der Waals surface area contributed by atoms with E-state index in [0.29, 0.717) is 49.8 Å². The third-order valence-corrected chi connectivity index (χ3v) is 7.24. The Morgan fingerprint density at radius 3 is 2.39 bits per heavy atom. The van der Waals surface area contributed by atoms with Crippen LogP contribution in [0.3, 0.4) is 0 Å². The number of aromatic nitrogens is 2. The molecule has 0 radical (unpaired) electrons. The van der Waals surface area contributed by atoms with E-state index in [1.54, 1.807) is 42.5 Å². The maximum absolute atomic E-state index is 13.4. The largest absolute Gasteiger partial charge is 0.487 e. The van der Waals surface area contributed by atoms with Crippen molar-refractivity contribution in [3.63, 3.8) is 0 Å². The Morgan fingerprint density at radius 2 is 1.66 bits per heavy atom. The van der Waals surface area contributed by atoms with Crippen molar-refractivity contribution in [1.29, 1.82) is 0 Å². The molecule has 41 heavy (non-hydrogen) atoms. The standard InChI is InChI=1S/C28H22ClFN6O3S2/c29-24-14-21(7-11-26(24)39-15-17-2-1-3-18(30)12-17)34-27-23-13-20(6-10-25(23)32-16-33-27)36-28(40)35-19-4-8-22(9-5-19)41(31,37)38/h1-14,16H,15H2,(H2,31,37,38)(H,32,33,34)(H2,35,36,40). The van der Waals surface area contributed by atoms with E-state index in [1.807, 2.05) is 18.2 Å². The van der Waals surface area contributed by atoms with Gasteiger partial charge in [-0.1, -0.05) is 23.7 Å². The van der Waals surface area contributed by atoms with Gasteiger partial charge in [-0.05, 0) is 90.6 Å². The molecular formula is C28H22ClFN6O3S2. The third kappa shape index (κ3) is 7.24. The number of thiocarbonyl (C=S) groups is 1. The highest BCUT2D eigenvalue weighted by Crippen LogP contribution is 2.31. The van der Waals surface area contributed by atoms with Crippen LogP contribution in [0.2, 0.25) is 5.02 Å². The molecule has 208 valence electrons. The number of ether oxygens (including phenoxy) is 1. The van der Waals surface area contributed by atoms with Crippen LogP contribution in [-0.4, -0.2) is 23.5 Å². The molecular weight excluding hydrogens is 587 g/mol. The first-order valence-corrected chi connectivity index (χ1v) is 14.4. The molecule has 0 unspecified atom stereocenters. The number of sulfonamides is 1. The lowest BCUT2D eigenvalue weighted by atomic mass is 10.2. The van der Waals surface area contributed by atoms with Gasteiger partial charge in [-0.2, -0.15) is 0 Å². The number of rotatable bonds is 8. The van der Waals surface area contributed by atoms with Gasteiger partial charge in [0.05, 0.1) is 15.4 Å². The third-order valence-electron chi connectivity index (χ3n) is 5.81. The predicted octanol–water partition coefficient (Wildman–Crippen LogP) is 6.20. The van der Waals surface area contributed by atoms with Crippen LogP contribution in [0.15, 0.2) is 96.2 Å². The van der Waals surface area contributed by atoms with Gasteiger partial charge < -0.3 is 20.7 Å². The summed E-state index contributed by atoms with van der Waals surface area (Å²) in [5, 5.41) is 15.9. The summed E-state index contributed by atoms with van der Waals surface area (Å²) in [5.41, 5.74) is 3.32. The minimum atomic E-state index is -3.78. The van der Waals surface area contributed by atoms with Gasteiger partial charge in [0.2, 0.25) is 10.0 Å². The number of nitrogens with zero attached hydrogens (tertiary/aromatic N) is 2. The summed E-state index contributed by atoms with van der Waals surface area (Å²) in [5.74, 6) is 0.670. The highest BCUT2D eigenvalue weighted by molar-refractivity contribution is 7.89. The number of nitrogens with one attached hydrogen (secondary N) is 3. The molecule has 1 heterocycles. The highest BCUT2D eigenvalue weighted by atomic mass is 35.5. The minimum absolute atomic E-state index is 0.00353. The molecule has 0 atom stereocenters. The average Bonchev–Trinajstić information content (AvgIpc) is 2.93. The molecule has 0 spiro atoms. The monoisotopic (exact) mass is 608 g/mol. The summed E-state index contributed by atoms with van der Waals surface area (Å²) in [6.07, 6.45) is 1.45. The van der Waals surface area contributed by atoms with Crippen LogP contribution in [0.1, 0.15) is 5.56 Å². The fraction of sp³-hybridized carbons (Fsp3) is 0.0357. The number of benzene rings is 4. The molecule has 5 aromatic rings. The topological polar surface area (TPSA) is 131 Å². The molecule has 0 aliphatic carbocycles. The quantitative estimate of drug-likeness (QED) is 0.152. The Labute approximate surface area is 245 Å². The summed E-state index contributed by atoms with van der Waals surface area (Å²) < 4.78 is 42.1. The molecule has 0 saturated carbocycles. The Kier molecular flexibility index (Phi) is 8.26. The highest BCUT2D eigenvalue weighted by Gasteiger charge is 2.10. The number of fused-ring (bicyclic) bond motifs is 1. The van der Waals surface area contributed by atoms with Crippen molar-refractivity contribution >= 4 is 72.7 Å². The van der Waals surface area contributed by atoms with Crippen LogP contribution < -0.4 is 25.8 Å². The smallest absolute Gasteiger partial charge is 0.238 e. The molecule has 5 rings (SSSR count). The van der Waals surface area contributed by atoms with Crippen molar-refractivity contribution in [2.24, 2.45) is 5.14 Å². The zero-order valence-electron chi connectivity index (χ0n) is 21.1. The first-order valence-electron chi connectivity index (χ1n) is 12.0. The average molecular weight is 609 g/mol. The molecule has 0 bridgehead atoms. The Balaban J connectivity index is 1.28. The van der Waals surface area contributed by atoms with E-state index in [2.05, 4.69) is 25.9 Å². The normalized spacial score (nSPS) is 11.2. The van der Waals surface area contributed by atoms with E-state index in [4.69, 9.17) is 33.7 Å². The second kappa shape index (κ2) is 12.0. The van der Waals surface area contributed by atoms with E-state index < -0.39 is 10.0 Å². The zero-order chi connectivity index (χ0) is 29.0. The summed E-state index contributed by atoms with van der Waals surface area (Å²) in [7, 11) is -3.78. The number of halogens is 2. The maximum atomic E-state index is 13.4. The SMILES string of the molecule is NS(=O)(=O)c1ccc(NC(=S)Nc2ccc3ncnc(Nc4ccc(OCc5cccc(F)c5)c(Cl)c4)c3c2)cc1. The number of nitrogens with two attached hydrogens (primary N) is 1. The lowest BCUT2D eigenvalue weighted by Crippen LogP contribution is -2.19. The number of hydrogen-bond acceptors (Lipinski definition) is 7. The van der Waals surface area contributed by atoms with Gasteiger partial charge in [0.25, 0.3) is 0 Å². The van der Waals surface area contributed by atoms with Gasteiger partial charge >= 0.3 is 0 Å². The lowest BCUT2D eigenvalue weighted by molar-refractivity contribution is 0.306. The van der Waals surface area contributed by atoms with E-state index in [0.717, 1.165) is 5.39 Å². The molecule has 0 fully saturated rings. The zero-order valence-corrected chi connectivity index (χ0v) is 23.5. The molecule has 0 aliphatic rings. The number of anilines is 4. The molecule has 9 nitrogen and oxygen atoms in total. The molecule has 0 saturated heterocycles. The second-order valence-electron chi connectivity index (χ2n) is 8.79. The van der Waals surface area contributed by atoms with Gasteiger partial charge in [0.1, 0.15) is 30.3 Å². The van der Waals surface area contributed by atoms with Crippen molar-refractivity contribution in [2.75, 3.05) is 16.0 Å². The maximum Gasteiger partial charge on any atom is 0.238 e. The van der Waals surface area contributed by atoms with Gasteiger partial charge in [0.15, 0.2) is 5.11 Å². The lowest BCUT2D eigenvalue weighted by Gasteiger charge is -2.14. The van der Waals surface area contributed by atoms with E-state index in [1.165, 1.54) is 30.6 Å². The summed E-state index contributed by atoms with van der Waals surface area (Å²) >= 11 is 11.9. The first-order chi connectivity index (χ1) is 19.6. The van der Waals surface area contributed by atoms with Crippen molar-refractivity contribution in [2.45, 2.75) is 11.5 Å². The number of primary sulfonamides is 1. The van der Waals surface area contributed by atoms with Gasteiger partial charge in [0, 0.05) is 22.4 Å². The van der Waals surface area contributed by atoms with Gasteiger partial charge in [-0.3, -0.25) is 0 Å². The first kappa shape index (κ1) is 28.2. The van der Waals surface area contributed by atoms with Crippen LogP contribution >= 0.6 is 23.8 Å². The van der Waals surface area contributed by atoms with Crippen molar-refractivity contribution < 1.29 is 17.5 Å². The molecule has 5 N–H and O–H groups in total. The Hall–Kier alpha value is -4.36. The van der Waals surface area contributed by atoms with Gasteiger partial charge in [-0.15, -0.1) is 0 Å². The fourth-order valence-corrected chi connectivity index (χ4v) is 4.86. The van der Waals surface area contributed by atoms with E-state index in [9.17, 15) is 12.8 Å². The summed E-state index contributed by atoms with van der Waals surface area (Å²) in [6, 6.07) is 22.8.